The molecule has 120 valence electrons. The monoisotopic (exact) mass is 313 g/mol. The maximum atomic E-state index is 13.2. The lowest BCUT2D eigenvalue weighted by atomic mass is 9.92. The van der Waals surface area contributed by atoms with Crippen LogP contribution >= 0.6 is 0 Å². The Morgan fingerprint density at radius 1 is 1.17 bits per heavy atom. The standard InChI is InChI=1S/C19H20FNO2/c20-16-7-5-14(6-8-16)18(13-3-4-13)19(22)21-10-9-15(12-21)17-2-1-11-23-17/h1-2,5-8,11,13,15,18H,3-4,9-10,12H2. The molecule has 23 heavy (non-hydrogen) atoms. The van der Waals surface area contributed by atoms with Gasteiger partial charge in [-0.25, -0.2) is 4.39 Å². The molecule has 2 aliphatic rings. The van der Waals surface area contributed by atoms with E-state index in [9.17, 15) is 9.18 Å². The van der Waals surface area contributed by atoms with E-state index in [0.717, 1.165) is 43.7 Å². The van der Waals surface area contributed by atoms with Gasteiger partial charge in [0.05, 0.1) is 12.2 Å². The summed E-state index contributed by atoms with van der Waals surface area (Å²) in [4.78, 5) is 15.0. The SMILES string of the molecule is O=C(C(c1ccc(F)cc1)C1CC1)N1CCC(c2ccco2)C1. The van der Waals surface area contributed by atoms with Crippen LogP contribution in [0.1, 0.15) is 42.4 Å². The Hall–Kier alpha value is -2.10. The predicted octanol–water partition coefficient (Wildman–Crippen LogP) is 3.93. The Bertz CT molecular complexity index is 676. The molecule has 2 heterocycles. The number of carbonyl (C=O) groups is 1. The van der Waals surface area contributed by atoms with Gasteiger partial charge in [0.1, 0.15) is 11.6 Å². The molecule has 1 aliphatic heterocycles. The van der Waals surface area contributed by atoms with Crippen LogP contribution in [0.2, 0.25) is 0 Å². The van der Waals surface area contributed by atoms with Gasteiger partial charge in [0.2, 0.25) is 5.91 Å². The van der Waals surface area contributed by atoms with Crippen LogP contribution in [0.15, 0.2) is 47.1 Å². The van der Waals surface area contributed by atoms with Gasteiger partial charge in [-0.3, -0.25) is 4.79 Å². The van der Waals surface area contributed by atoms with E-state index in [0.29, 0.717) is 11.8 Å². The van der Waals surface area contributed by atoms with E-state index in [1.54, 1.807) is 18.4 Å². The minimum atomic E-state index is -0.255. The Labute approximate surface area is 135 Å². The highest BCUT2D eigenvalue weighted by Gasteiger charge is 2.41. The highest BCUT2D eigenvalue weighted by Crippen LogP contribution is 2.44. The number of furan rings is 1. The fraction of sp³-hybridized carbons (Fsp3) is 0.421. The zero-order chi connectivity index (χ0) is 15.8. The molecule has 2 atom stereocenters. The van der Waals surface area contributed by atoms with E-state index in [-0.39, 0.29) is 17.6 Å². The molecule has 1 aromatic carbocycles. The quantitative estimate of drug-likeness (QED) is 0.857. The fourth-order valence-electron chi connectivity index (χ4n) is 3.63. The zero-order valence-corrected chi connectivity index (χ0v) is 13.0. The third-order valence-electron chi connectivity index (χ3n) is 5.03. The van der Waals surface area contributed by atoms with Gasteiger partial charge in [0.15, 0.2) is 0 Å². The number of amides is 1. The van der Waals surface area contributed by atoms with Crippen molar-refractivity contribution in [2.45, 2.75) is 31.1 Å². The van der Waals surface area contributed by atoms with Crippen LogP contribution in [-0.2, 0) is 4.79 Å². The summed E-state index contributed by atoms with van der Waals surface area (Å²) < 4.78 is 18.7. The molecule has 1 saturated carbocycles. The molecule has 1 amide bonds. The molecule has 0 spiro atoms. The normalized spacial score (nSPS) is 22.3. The van der Waals surface area contributed by atoms with Gasteiger partial charge in [0, 0.05) is 19.0 Å². The van der Waals surface area contributed by atoms with Gasteiger partial charge in [-0.2, -0.15) is 0 Å². The average Bonchev–Trinajstić information content (AvgIpc) is 3.06. The van der Waals surface area contributed by atoms with Crippen molar-refractivity contribution in [1.29, 1.82) is 0 Å². The smallest absolute Gasteiger partial charge is 0.230 e. The van der Waals surface area contributed by atoms with Crippen LogP contribution in [0.3, 0.4) is 0 Å². The van der Waals surface area contributed by atoms with Gasteiger partial charge in [-0.15, -0.1) is 0 Å². The number of benzene rings is 1. The molecule has 3 nitrogen and oxygen atoms in total. The molecule has 0 bridgehead atoms. The first-order valence-electron chi connectivity index (χ1n) is 8.30. The summed E-state index contributed by atoms with van der Waals surface area (Å²) in [5.41, 5.74) is 0.945. The Balaban J connectivity index is 1.51. The molecule has 2 fully saturated rings. The Kier molecular flexibility index (Phi) is 3.68. The lowest BCUT2D eigenvalue weighted by Gasteiger charge is -2.24. The first-order valence-corrected chi connectivity index (χ1v) is 8.30. The summed E-state index contributed by atoms with van der Waals surface area (Å²) in [6, 6.07) is 10.3. The molecule has 0 radical (unpaired) electrons. The van der Waals surface area contributed by atoms with E-state index in [4.69, 9.17) is 4.42 Å². The minimum Gasteiger partial charge on any atom is -0.469 e. The first kappa shape index (κ1) is 14.5. The van der Waals surface area contributed by atoms with Crippen molar-refractivity contribution in [3.05, 3.63) is 59.8 Å². The number of hydrogen-bond acceptors (Lipinski definition) is 2. The number of nitrogens with zero attached hydrogens (tertiary/aromatic N) is 1. The Morgan fingerprint density at radius 3 is 2.61 bits per heavy atom. The molecule has 1 aliphatic carbocycles. The summed E-state index contributed by atoms with van der Waals surface area (Å²) in [6.07, 6.45) is 4.80. The molecular formula is C19H20FNO2. The average molecular weight is 313 g/mol. The second kappa shape index (κ2) is 5.84. The number of rotatable bonds is 4. The van der Waals surface area contributed by atoms with Crippen molar-refractivity contribution >= 4 is 5.91 Å². The van der Waals surface area contributed by atoms with Crippen LogP contribution < -0.4 is 0 Å². The topological polar surface area (TPSA) is 33.5 Å². The van der Waals surface area contributed by atoms with Gasteiger partial charge < -0.3 is 9.32 Å². The number of carbonyl (C=O) groups excluding carboxylic acids is 1. The predicted molar refractivity (Wildman–Crippen MR) is 84.5 cm³/mol. The maximum Gasteiger partial charge on any atom is 0.230 e. The van der Waals surface area contributed by atoms with Crippen LogP contribution in [0.25, 0.3) is 0 Å². The van der Waals surface area contributed by atoms with E-state index < -0.39 is 0 Å². The van der Waals surface area contributed by atoms with Gasteiger partial charge in [-0.1, -0.05) is 12.1 Å². The summed E-state index contributed by atoms with van der Waals surface area (Å²) in [5.74, 6) is 1.48. The van der Waals surface area contributed by atoms with Crippen molar-refractivity contribution in [3.8, 4) is 0 Å². The highest BCUT2D eigenvalue weighted by atomic mass is 19.1. The lowest BCUT2D eigenvalue weighted by Crippen LogP contribution is -2.34. The summed E-state index contributed by atoms with van der Waals surface area (Å²) in [7, 11) is 0. The molecule has 0 N–H and O–H groups in total. The van der Waals surface area contributed by atoms with Crippen molar-refractivity contribution in [2.24, 2.45) is 5.92 Å². The van der Waals surface area contributed by atoms with Crippen LogP contribution in [0.5, 0.6) is 0 Å². The molecule has 2 unspecified atom stereocenters. The number of hydrogen-bond donors (Lipinski definition) is 0. The van der Waals surface area contributed by atoms with Crippen molar-refractivity contribution in [3.63, 3.8) is 0 Å². The van der Waals surface area contributed by atoms with E-state index in [1.807, 2.05) is 17.0 Å². The van der Waals surface area contributed by atoms with Crippen molar-refractivity contribution in [2.75, 3.05) is 13.1 Å². The van der Waals surface area contributed by atoms with Crippen molar-refractivity contribution < 1.29 is 13.6 Å². The number of likely N-dealkylation sites (tertiary alicyclic amines) is 1. The lowest BCUT2D eigenvalue weighted by molar-refractivity contribution is -0.132. The fourth-order valence-corrected chi connectivity index (χ4v) is 3.63. The summed E-state index contributed by atoms with van der Waals surface area (Å²) in [6.45, 7) is 1.49. The van der Waals surface area contributed by atoms with Gasteiger partial charge >= 0.3 is 0 Å². The summed E-state index contributed by atoms with van der Waals surface area (Å²) >= 11 is 0. The number of halogens is 1. The molecule has 1 aromatic heterocycles. The third kappa shape index (κ3) is 2.90. The molecule has 1 saturated heterocycles. The second-order valence-electron chi connectivity index (χ2n) is 6.65. The van der Waals surface area contributed by atoms with Crippen LogP contribution in [-0.4, -0.2) is 23.9 Å². The maximum absolute atomic E-state index is 13.2. The Morgan fingerprint density at radius 2 is 1.96 bits per heavy atom. The molecular weight excluding hydrogens is 293 g/mol. The second-order valence-corrected chi connectivity index (χ2v) is 6.65. The van der Waals surface area contributed by atoms with Crippen LogP contribution in [0, 0.1) is 11.7 Å². The summed E-state index contributed by atoms with van der Waals surface area (Å²) in [5, 5.41) is 0. The van der Waals surface area contributed by atoms with E-state index in [1.165, 1.54) is 12.1 Å². The van der Waals surface area contributed by atoms with Gasteiger partial charge in [0.25, 0.3) is 0 Å². The molecule has 4 heteroatoms. The highest BCUT2D eigenvalue weighted by molar-refractivity contribution is 5.84. The van der Waals surface area contributed by atoms with Crippen LogP contribution in [0.4, 0.5) is 4.39 Å². The van der Waals surface area contributed by atoms with Gasteiger partial charge in [-0.05, 0) is 55.0 Å². The third-order valence-corrected chi connectivity index (χ3v) is 5.03. The largest absolute Gasteiger partial charge is 0.469 e. The first-order chi connectivity index (χ1) is 11.2. The zero-order valence-electron chi connectivity index (χ0n) is 13.0. The molecule has 2 aromatic rings. The van der Waals surface area contributed by atoms with E-state index in [2.05, 4.69) is 0 Å². The minimum absolute atomic E-state index is 0.119. The van der Waals surface area contributed by atoms with Crippen molar-refractivity contribution in [1.82, 2.24) is 4.90 Å². The van der Waals surface area contributed by atoms with E-state index >= 15 is 0 Å². The molecule has 4 rings (SSSR count).